The number of nitrogens with zero attached hydrogens (tertiary/aromatic N) is 2. The van der Waals surface area contributed by atoms with Crippen LogP contribution < -0.4 is 10.9 Å². The second-order valence-corrected chi connectivity index (χ2v) is 7.34. The number of thiazole rings is 1. The molecule has 0 atom stereocenters. The Bertz CT molecular complexity index is 1000. The maximum absolute atomic E-state index is 12.8. The molecule has 2 heterocycles. The van der Waals surface area contributed by atoms with Crippen molar-refractivity contribution in [1.29, 1.82) is 0 Å². The molecule has 0 fully saturated rings. The lowest BCUT2D eigenvalue weighted by Crippen LogP contribution is -2.31. The summed E-state index contributed by atoms with van der Waals surface area (Å²) in [5.41, 5.74) is 3.14. The quantitative estimate of drug-likeness (QED) is 0.784. The maximum atomic E-state index is 12.8. The van der Waals surface area contributed by atoms with Crippen LogP contribution in [0.2, 0.25) is 0 Å². The molecule has 1 aliphatic carbocycles. The Labute approximate surface area is 149 Å². The van der Waals surface area contributed by atoms with Crippen LogP contribution in [0.1, 0.15) is 45.4 Å². The topological polar surface area (TPSA) is 63.5 Å². The van der Waals surface area contributed by atoms with Crippen molar-refractivity contribution >= 4 is 22.2 Å². The van der Waals surface area contributed by atoms with E-state index in [1.807, 2.05) is 12.1 Å². The van der Waals surface area contributed by atoms with Gasteiger partial charge in [0.05, 0.1) is 0 Å². The Balaban J connectivity index is 1.57. The van der Waals surface area contributed by atoms with Gasteiger partial charge in [-0.25, -0.2) is 4.98 Å². The van der Waals surface area contributed by atoms with Gasteiger partial charge in [0, 0.05) is 23.3 Å². The fourth-order valence-electron chi connectivity index (χ4n) is 3.23. The third-order valence-corrected chi connectivity index (χ3v) is 5.84. The number of aromatic nitrogens is 2. The Morgan fingerprint density at radius 2 is 2.00 bits per heavy atom. The first-order chi connectivity index (χ1) is 12.2. The van der Waals surface area contributed by atoms with Crippen molar-refractivity contribution in [3.05, 3.63) is 68.1 Å². The predicted molar refractivity (Wildman–Crippen MR) is 98.4 cm³/mol. The third-order valence-electron chi connectivity index (χ3n) is 4.68. The summed E-state index contributed by atoms with van der Waals surface area (Å²) < 4.78 is 1.62. The summed E-state index contributed by atoms with van der Waals surface area (Å²) in [5.74, 6) is -0.371. The van der Waals surface area contributed by atoms with E-state index < -0.39 is 0 Å². The van der Waals surface area contributed by atoms with E-state index in [2.05, 4.69) is 29.4 Å². The van der Waals surface area contributed by atoms with Gasteiger partial charge in [-0.15, -0.1) is 11.3 Å². The molecule has 128 valence electrons. The van der Waals surface area contributed by atoms with Gasteiger partial charge in [-0.1, -0.05) is 31.2 Å². The van der Waals surface area contributed by atoms with E-state index in [1.165, 1.54) is 16.6 Å². The molecule has 6 heteroatoms. The molecule has 0 saturated heterocycles. The molecule has 25 heavy (non-hydrogen) atoms. The molecule has 0 aliphatic heterocycles. The highest BCUT2D eigenvalue weighted by molar-refractivity contribution is 7.17. The molecular weight excluding hydrogens is 334 g/mol. The molecular formula is C19H19N3O2S. The number of amides is 1. The number of nitrogens with one attached hydrogen (secondary N) is 1. The summed E-state index contributed by atoms with van der Waals surface area (Å²) in [4.78, 5) is 31.4. The fourth-order valence-corrected chi connectivity index (χ4v) is 4.40. The van der Waals surface area contributed by atoms with Gasteiger partial charge in [0.25, 0.3) is 11.5 Å². The molecule has 1 aromatic carbocycles. The van der Waals surface area contributed by atoms with Crippen LogP contribution in [0.5, 0.6) is 0 Å². The van der Waals surface area contributed by atoms with Crippen LogP contribution in [0.15, 0.2) is 35.3 Å². The molecule has 3 aromatic rings. The molecule has 0 radical (unpaired) electrons. The zero-order valence-electron chi connectivity index (χ0n) is 14.0. The van der Waals surface area contributed by atoms with E-state index in [1.54, 1.807) is 15.7 Å². The molecule has 1 aliphatic rings. The highest BCUT2D eigenvalue weighted by Crippen LogP contribution is 2.28. The van der Waals surface area contributed by atoms with Crippen molar-refractivity contribution in [3.63, 3.8) is 0 Å². The van der Waals surface area contributed by atoms with Gasteiger partial charge in [0.2, 0.25) is 0 Å². The second kappa shape index (κ2) is 6.44. The number of fused-ring (bicyclic) bond motifs is 3. The van der Waals surface area contributed by atoms with Gasteiger partial charge >= 0.3 is 0 Å². The summed E-state index contributed by atoms with van der Waals surface area (Å²) in [5, 5.41) is 2.83. The van der Waals surface area contributed by atoms with Crippen LogP contribution in [-0.2, 0) is 25.8 Å². The first-order valence-corrected chi connectivity index (χ1v) is 9.37. The number of rotatable bonds is 4. The SMILES string of the molecule is CCc1ccc(CNC(=O)c2cnc3sc4c(n3c2=O)CCC4)cc1. The van der Waals surface area contributed by atoms with Crippen LogP contribution in [0.3, 0.4) is 0 Å². The van der Waals surface area contributed by atoms with Crippen LogP contribution in [0.4, 0.5) is 0 Å². The van der Waals surface area contributed by atoms with Gasteiger partial charge in [0.15, 0.2) is 4.96 Å². The first kappa shape index (κ1) is 16.0. The summed E-state index contributed by atoms with van der Waals surface area (Å²) in [6, 6.07) is 8.11. The molecule has 0 bridgehead atoms. The van der Waals surface area contributed by atoms with E-state index in [0.717, 1.165) is 36.9 Å². The molecule has 2 aromatic heterocycles. The van der Waals surface area contributed by atoms with Crippen molar-refractivity contribution in [1.82, 2.24) is 14.7 Å². The lowest BCUT2D eigenvalue weighted by Gasteiger charge is -2.06. The Morgan fingerprint density at radius 1 is 1.24 bits per heavy atom. The van der Waals surface area contributed by atoms with E-state index in [-0.39, 0.29) is 17.0 Å². The minimum atomic E-state index is -0.371. The maximum Gasteiger partial charge on any atom is 0.271 e. The summed E-state index contributed by atoms with van der Waals surface area (Å²) >= 11 is 1.55. The number of hydrogen-bond acceptors (Lipinski definition) is 4. The van der Waals surface area contributed by atoms with Crippen LogP contribution in [0, 0.1) is 0 Å². The second-order valence-electron chi connectivity index (χ2n) is 6.27. The van der Waals surface area contributed by atoms with E-state index in [4.69, 9.17) is 0 Å². The third kappa shape index (κ3) is 2.87. The summed E-state index contributed by atoms with van der Waals surface area (Å²) in [7, 11) is 0. The average molecular weight is 353 g/mol. The van der Waals surface area contributed by atoms with E-state index >= 15 is 0 Å². The lowest BCUT2D eigenvalue weighted by atomic mass is 10.1. The average Bonchev–Trinajstić information content (AvgIpc) is 3.21. The Kier molecular flexibility index (Phi) is 4.13. The largest absolute Gasteiger partial charge is 0.348 e. The molecule has 4 rings (SSSR count). The Hall–Kier alpha value is -2.47. The molecule has 1 N–H and O–H groups in total. The van der Waals surface area contributed by atoms with Crippen LogP contribution in [0.25, 0.3) is 4.96 Å². The highest BCUT2D eigenvalue weighted by atomic mass is 32.1. The zero-order valence-corrected chi connectivity index (χ0v) is 14.9. The van der Waals surface area contributed by atoms with Crippen LogP contribution in [-0.4, -0.2) is 15.3 Å². The van der Waals surface area contributed by atoms with Gasteiger partial charge in [0.1, 0.15) is 5.56 Å². The summed E-state index contributed by atoms with van der Waals surface area (Å²) in [6.07, 6.45) is 5.33. The number of aryl methyl sites for hydroxylation is 3. The van der Waals surface area contributed by atoms with Crippen molar-refractivity contribution < 1.29 is 4.79 Å². The number of hydrogen-bond donors (Lipinski definition) is 1. The van der Waals surface area contributed by atoms with Crippen molar-refractivity contribution in [3.8, 4) is 0 Å². The zero-order chi connectivity index (χ0) is 17.4. The molecule has 0 saturated carbocycles. The summed E-state index contributed by atoms with van der Waals surface area (Å²) in [6.45, 7) is 2.50. The Morgan fingerprint density at radius 3 is 2.76 bits per heavy atom. The minimum Gasteiger partial charge on any atom is -0.348 e. The number of carbonyl (C=O) groups excluding carboxylic acids is 1. The number of carbonyl (C=O) groups is 1. The molecule has 1 amide bonds. The van der Waals surface area contributed by atoms with Crippen molar-refractivity contribution in [2.45, 2.75) is 39.2 Å². The molecule has 0 spiro atoms. The normalized spacial score (nSPS) is 13.2. The highest BCUT2D eigenvalue weighted by Gasteiger charge is 2.22. The molecule has 0 unspecified atom stereocenters. The van der Waals surface area contributed by atoms with Gasteiger partial charge < -0.3 is 5.32 Å². The van der Waals surface area contributed by atoms with Crippen molar-refractivity contribution in [2.24, 2.45) is 0 Å². The first-order valence-electron chi connectivity index (χ1n) is 8.55. The van der Waals surface area contributed by atoms with Crippen molar-refractivity contribution in [2.75, 3.05) is 0 Å². The van der Waals surface area contributed by atoms with Crippen LogP contribution >= 0.6 is 11.3 Å². The lowest BCUT2D eigenvalue weighted by molar-refractivity contribution is 0.0949. The predicted octanol–water partition coefficient (Wildman–Crippen LogP) is 2.74. The minimum absolute atomic E-state index is 0.107. The van der Waals surface area contributed by atoms with Gasteiger partial charge in [-0.3, -0.25) is 14.0 Å². The monoisotopic (exact) mass is 353 g/mol. The fraction of sp³-hybridized carbons (Fsp3) is 0.316. The van der Waals surface area contributed by atoms with Gasteiger partial charge in [-0.05, 0) is 36.8 Å². The number of benzene rings is 1. The smallest absolute Gasteiger partial charge is 0.271 e. The standard InChI is InChI=1S/C19H19N3O2S/c1-2-12-6-8-13(9-7-12)10-20-17(23)14-11-21-19-22(18(14)24)15-4-3-5-16(15)25-19/h6-9,11H,2-5,10H2,1H3,(H,20,23). The van der Waals surface area contributed by atoms with E-state index in [9.17, 15) is 9.59 Å². The van der Waals surface area contributed by atoms with E-state index in [0.29, 0.717) is 11.5 Å². The van der Waals surface area contributed by atoms with Gasteiger partial charge in [-0.2, -0.15) is 0 Å². The molecule has 5 nitrogen and oxygen atoms in total.